The van der Waals surface area contributed by atoms with Crippen LogP contribution >= 0.6 is 23.2 Å². The van der Waals surface area contributed by atoms with Crippen LogP contribution in [0.5, 0.6) is 0 Å². The van der Waals surface area contributed by atoms with Crippen molar-refractivity contribution in [3.05, 3.63) is 105 Å². The molecule has 184 valence electrons. The van der Waals surface area contributed by atoms with Crippen molar-refractivity contribution in [3.8, 4) is 0 Å². The van der Waals surface area contributed by atoms with Gasteiger partial charge in [0.1, 0.15) is 0 Å². The van der Waals surface area contributed by atoms with Gasteiger partial charge in [-0.05, 0) is 47.2 Å². The third-order valence-electron chi connectivity index (χ3n) is 7.51. The van der Waals surface area contributed by atoms with Crippen LogP contribution in [0.15, 0.2) is 72.8 Å². The Morgan fingerprint density at radius 1 is 0.771 bits per heavy atom. The van der Waals surface area contributed by atoms with Gasteiger partial charge in [-0.1, -0.05) is 83.9 Å². The zero-order valence-electron chi connectivity index (χ0n) is 20.0. The maximum Gasteiger partial charge on any atom is 0.0924 e. The van der Waals surface area contributed by atoms with Gasteiger partial charge in [0.15, 0.2) is 0 Å². The molecule has 0 atom stereocenters. The van der Waals surface area contributed by atoms with Gasteiger partial charge in [-0.15, -0.1) is 0 Å². The number of hydrogen-bond acceptors (Lipinski definition) is 4. The SMILES string of the molecule is OC1(c2ccccc2CN2CCNCC2)CCN(C(c2ccccc2Cl)c2ccccc2Cl)CC1. The normalized spacial score (nSPS) is 19.2. The number of piperazine rings is 1. The Kier molecular flexibility index (Phi) is 7.78. The molecule has 0 radical (unpaired) electrons. The molecule has 2 N–H and O–H groups in total. The lowest BCUT2D eigenvalue weighted by Crippen LogP contribution is -2.46. The van der Waals surface area contributed by atoms with E-state index in [1.807, 2.05) is 36.4 Å². The van der Waals surface area contributed by atoms with E-state index in [9.17, 15) is 5.11 Å². The standard InChI is InChI=1S/C29H33Cl2N3O/c30-26-11-5-2-8-23(26)28(24-9-3-6-12-27(24)31)34-17-13-29(35,14-18-34)25-10-4-1-7-22(25)21-33-19-15-32-16-20-33/h1-12,28,32,35H,13-21H2. The zero-order chi connectivity index (χ0) is 24.3. The first-order valence-electron chi connectivity index (χ1n) is 12.5. The Labute approximate surface area is 218 Å². The van der Waals surface area contributed by atoms with E-state index in [1.165, 1.54) is 5.56 Å². The monoisotopic (exact) mass is 509 g/mol. The molecule has 2 saturated heterocycles. The van der Waals surface area contributed by atoms with E-state index in [4.69, 9.17) is 23.2 Å². The van der Waals surface area contributed by atoms with Gasteiger partial charge in [0.05, 0.1) is 11.6 Å². The molecule has 0 amide bonds. The molecule has 0 saturated carbocycles. The largest absolute Gasteiger partial charge is 0.385 e. The summed E-state index contributed by atoms with van der Waals surface area (Å²) in [5.74, 6) is 0. The fourth-order valence-corrected chi connectivity index (χ4v) is 6.08. The van der Waals surface area contributed by atoms with Gasteiger partial charge in [-0.25, -0.2) is 0 Å². The topological polar surface area (TPSA) is 38.7 Å². The van der Waals surface area contributed by atoms with E-state index >= 15 is 0 Å². The van der Waals surface area contributed by atoms with Crippen molar-refractivity contribution in [2.24, 2.45) is 0 Å². The van der Waals surface area contributed by atoms with Crippen LogP contribution in [0.2, 0.25) is 10.0 Å². The molecule has 0 aliphatic carbocycles. The van der Waals surface area contributed by atoms with Crippen LogP contribution in [-0.4, -0.2) is 54.2 Å². The molecule has 3 aromatic carbocycles. The molecule has 5 rings (SSSR count). The van der Waals surface area contributed by atoms with Crippen molar-refractivity contribution in [1.82, 2.24) is 15.1 Å². The number of nitrogens with zero attached hydrogens (tertiary/aromatic N) is 2. The van der Waals surface area contributed by atoms with Gasteiger partial charge in [-0.3, -0.25) is 9.80 Å². The molecule has 0 aromatic heterocycles. The van der Waals surface area contributed by atoms with Crippen molar-refractivity contribution in [2.75, 3.05) is 39.3 Å². The smallest absolute Gasteiger partial charge is 0.0924 e. The van der Waals surface area contributed by atoms with Crippen molar-refractivity contribution in [2.45, 2.75) is 31.0 Å². The maximum absolute atomic E-state index is 11.9. The van der Waals surface area contributed by atoms with E-state index in [0.29, 0.717) is 12.8 Å². The minimum Gasteiger partial charge on any atom is -0.385 e. The maximum atomic E-state index is 11.9. The summed E-state index contributed by atoms with van der Waals surface area (Å²) in [4.78, 5) is 4.88. The highest BCUT2D eigenvalue weighted by molar-refractivity contribution is 6.32. The van der Waals surface area contributed by atoms with Crippen molar-refractivity contribution >= 4 is 23.2 Å². The summed E-state index contributed by atoms with van der Waals surface area (Å²) in [5, 5.41) is 16.8. The number of rotatable bonds is 6. The van der Waals surface area contributed by atoms with Crippen molar-refractivity contribution in [3.63, 3.8) is 0 Å². The number of nitrogens with one attached hydrogen (secondary N) is 1. The summed E-state index contributed by atoms with van der Waals surface area (Å²) in [5.41, 5.74) is 3.56. The average molecular weight is 511 g/mol. The minimum absolute atomic E-state index is 0.0574. The van der Waals surface area contributed by atoms with Crippen LogP contribution in [0, 0.1) is 0 Å². The van der Waals surface area contributed by atoms with Gasteiger partial charge in [-0.2, -0.15) is 0 Å². The van der Waals surface area contributed by atoms with Crippen molar-refractivity contribution < 1.29 is 5.11 Å². The molecule has 0 unspecified atom stereocenters. The lowest BCUT2D eigenvalue weighted by Gasteiger charge is -2.43. The average Bonchev–Trinajstić information content (AvgIpc) is 2.88. The molecule has 3 aromatic rings. The van der Waals surface area contributed by atoms with E-state index in [-0.39, 0.29) is 6.04 Å². The van der Waals surface area contributed by atoms with Crippen LogP contribution in [0.4, 0.5) is 0 Å². The van der Waals surface area contributed by atoms with E-state index < -0.39 is 5.60 Å². The molecule has 35 heavy (non-hydrogen) atoms. The number of aliphatic hydroxyl groups is 1. The number of piperidine rings is 1. The molecular weight excluding hydrogens is 477 g/mol. The first-order chi connectivity index (χ1) is 17.0. The second kappa shape index (κ2) is 11.0. The first-order valence-corrected chi connectivity index (χ1v) is 13.3. The molecule has 2 heterocycles. The van der Waals surface area contributed by atoms with Crippen LogP contribution in [0.1, 0.15) is 41.1 Å². The van der Waals surface area contributed by atoms with E-state index in [2.05, 4.69) is 51.5 Å². The predicted molar refractivity (Wildman–Crippen MR) is 144 cm³/mol. The zero-order valence-corrected chi connectivity index (χ0v) is 21.5. The molecular formula is C29H33Cl2N3O. The van der Waals surface area contributed by atoms with E-state index in [1.54, 1.807) is 0 Å². The highest BCUT2D eigenvalue weighted by Gasteiger charge is 2.39. The third-order valence-corrected chi connectivity index (χ3v) is 8.20. The van der Waals surface area contributed by atoms with Crippen LogP contribution < -0.4 is 5.32 Å². The number of benzene rings is 3. The Morgan fingerprint density at radius 3 is 1.91 bits per heavy atom. The molecule has 0 bridgehead atoms. The molecule has 2 fully saturated rings. The Morgan fingerprint density at radius 2 is 1.31 bits per heavy atom. The van der Waals surface area contributed by atoms with Gasteiger partial charge in [0, 0.05) is 55.9 Å². The summed E-state index contributed by atoms with van der Waals surface area (Å²) in [6, 6.07) is 24.4. The Bertz CT molecular complexity index is 1090. The summed E-state index contributed by atoms with van der Waals surface area (Å²) < 4.78 is 0. The highest BCUT2D eigenvalue weighted by Crippen LogP contribution is 2.42. The van der Waals surface area contributed by atoms with Crippen molar-refractivity contribution in [1.29, 1.82) is 0 Å². The predicted octanol–water partition coefficient (Wildman–Crippen LogP) is 5.47. The Hall–Kier alpha value is -1.92. The number of likely N-dealkylation sites (tertiary alicyclic amines) is 1. The van der Waals surface area contributed by atoms with Crippen LogP contribution in [-0.2, 0) is 12.1 Å². The number of halogens is 2. The van der Waals surface area contributed by atoms with Gasteiger partial charge >= 0.3 is 0 Å². The lowest BCUT2D eigenvalue weighted by molar-refractivity contribution is -0.0334. The lowest BCUT2D eigenvalue weighted by atomic mass is 9.80. The van der Waals surface area contributed by atoms with Gasteiger partial charge < -0.3 is 10.4 Å². The fourth-order valence-electron chi connectivity index (χ4n) is 5.60. The first kappa shape index (κ1) is 24.8. The number of hydrogen-bond donors (Lipinski definition) is 2. The summed E-state index contributed by atoms with van der Waals surface area (Å²) in [6.45, 7) is 6.50. The second-order valence-corrected chi connectivity index (χ2v) is 10.5. The summed E-state index contributed by atoms with van der Waals surface area (Å²) in [7, 11) is 0. The quantitative estimate of drug-likeness (QED) is 0.461. The van der Waals surface area contributed by atoms with Gasteiger partial charge in [0.25, 0.3) is 0 Å². The van der Waals surface area contributed by atoms with E-state index in [0.717, 1.165) is 72.5 Å². The third kappa shape index (κ3) is 5.43. The molecule has 0 spiro atoms. The molecule has 4 nitrogen and oxygen atoms in total. The Balaban J connectivity index is 1.40. The fraction of sp³-hybridized carbons (Fsp3) is 0.379. The minimum atomic E-state index is -0.841. The summed E-state index contributed by atoms with van der Waals surface area (Å²) >= 11 is 13.4. The van der Waals surface area contributed by atoms with Crippen LogP contribution in [0.3, 0.4) is 0 Å². The van der Waals surface area contributed by atoms with Gasteiger partial charge in [0.2, 0.25) is 0 Å². The highest BCUT2D eigenvalue weighted by atomic mass is 35.5. The van der Waals surface area contributed by atoms with Crippen LogP contribution in [0.25, 0.3) is 0 Å². The second-order valence-electron chi connectivity index (χ2n) is 9.70. The summed E-state index contributed by atoms with van der Waals surface area (Å²) in [6.07, 6.45) is 1.33. The molecule has 2 aliphatic rings. The molecule has 2 aliphatic heterocycles. The molecule has 6 heteroatoms.